The molecule has 1 aliphatic carbocycles. The van der Waals surface area contributed by atoms with Crippen LogP contribution in [0, 0.1) is 5.92 Å². The second kappa shape index (κ2) is 5.86. The Morgan fingerprint density at radius 2 is 2.35 bits per heavy atom. The number of amides is 1. The molecule has 0 spiro atoms. The van der Waals surface area contributed by atoms with E-state index in [4.69, 9.17) is 0 Å². The van der Waals surface area contributed by atoms with Crippen LogP contribution in [0.1, 0.15) is 52.7 Å². The smallest absolute Gasteiger partial charge is 0.264 e. The Bertz CT molecular complexity index is 497. The molecule has 2 atom stereocenters. The molecule has 2 heterocycles. The summed E-state index contributed by atoms with van der Waals surface area (Å²) < 4.78 is 0. The van der Waals surface area contributed by atoms with Crippen LogP contribution in [0.3, 0.4) is 0 Å². The van der Waals surface area contributed by atoms with Crippen molar-refractivity contribution in [3.63, 3.8) is 0 Å². The van der Waals surface area contributed by atoms with E-state index in [1.165, 1.54) is 23.3 Å². The molecular formula is C16H23NO2S. The van der Waals surface area contributed by atoms with Gasteiger partial charge in [0.2, 0.25) is 0 Å². The Balaban J connectivity index is 1.78. The third kappa shape index (κ3) is 2.51. The monoisotopic (exact) mass is 293 g/mol. The number of aliphatic hydroxyl groups excluding tert-OH is 1. The van der Waals surface area contributed by atoms with E-state index < -0.39 is 0 Å². The van der Waals surface area contributed by atoms with Gasteiger partial charge < -0.3 is 10.0 Å². The predicted molar refractivity (Wildman–Crippen MR) is 81.3 cm³/mol. The van der Waals surface area contributed by atoms with Crippen LogP contribution in [0.2, 0.25) is 0 Å². The lowest BCUT2D eigenvalue weighted by molar-refractivity contribution is 0.0682. The van der Waals surface area contributed by atoms with E-state index in [1.54, 1.807) is 11.3 Å². The van der Waals surface area contributed by atoms with Crippen LogP contribution in [0.15, 0.2) is 6.07 Å². The molecule has 1 amide bonds. The van der Waals surface area contributed by atoms with Crippen molar-refractivity contribution in [1.82, 2.24) is 4.90 Å². The number of thiophene rings is 1. The number of likely N-dealkylation sites (tertiary alicyclic amines) is 1. The zero-order valence-electron chi connectivity index (χ0n) is 12.1. The van der Waals surface area contributed by atoms with Crippen molar-refractivity contribution in [3.8, 4) is 0 Å². The van der Waals surface area contributed by atoms with E-state index in [1.807, 2.05) is 4.90 Å². The molecule has 1 N–H and O–H groups in total. The molecule has 3 nitrogen and oxygen atoms in total. The van der Waals surface area contributed by atoms with E-state index in [-0.39, 0.29) is 18.6 Å². The number of carbonyl (C=O) groups is 1. The molecule has 20 heavy (non-hydrogen) atoms. The van der Waals surface area contributed by atoms with Crippen molar-refractivity contribution in [1.29, 1.82) is 0 Å². The standard InChI is InChI=1S/C16H23NO2S/c1-2-11-5-6-14-12(8-11)9-15(20-14)16(19)17-7-3-4-13(17)10-18/h9,11,13,18H,2-8,10H2,1H3. The molecule has 1 saturated heterocycles. The van der Waals surface area contributed by atoms with E-state index >= 15 is 0 Å². The molecule has 0 bridgehead atoms. The quantitative estimate of drug-likeness (QED) is 0.931. The molecule has 2 aliphatic rings. The fourth-order valence-corrected chi connectivity index (χ4v) is 4.65. The minimum absolute atomic E-state index is 0.0324. The number of fused-ring (bicyclic) bond motifs is 1. The first-order chi connectivity index (χ1) is 9.72. The average Bonchev–Trinajstić information content (AvgIpc) is 3.11. The lowest BCUT2D eigenvalue weighted by Gasteiger charge is -2.22. The van der Waals surface area contributed by atoms with Gasteiger partial charge in [0, 0.05) is 11.4 Å². The number of aryl methyl sites for hydroxylation is 1. The lowest BCUT2D eigenvalue weighted by Crippen LogP contribution is -2.37. The number of rotatable bonds is 3. The van der Waals surface area contributed by atoms with Gasteiger partial charge in [0.15, 0.2) is 0 Å². The highest BCUT2D eigenvalue weighted by atomic mass is 32.1. The van der Waals surface area contributed by atoms with Crippen molar-refractivity contribution >= 4 is 17.2 Å². The summed E-state index contributed by atoms with van der Waals surface area (Å²) in [5.74, 6) is 0.922. The third-order valence-corrected chi connectivity index (χ3v) is 6.05. The molecule has 0 aromatic carbocycles. The van der Waals surface area contributed by atoms with Crippen molar-refractivity contribution in [2.45, 2.75) is 51.5 Å². The molecule has 0 saturated carbocycles. The Kier molecular flexibility index (Phi) is 4.13. The molecule has 110 valence electrons. The molecule has 2 unspecified atom stereocenters. The number of aliphatic hydroxyl groups is 1. The molecule has 1 aromatic rings. The molecule has 1 fully saturated rings. The largest absolute Gasteiger partial charge is 0.394 e. The summed E-state index contributed by atoms with van der Waals surface area (Å²) in [6.07, 6.45) is 6.72. The van der Waals surface area contributed by atoms with E-state index in [9.17, 15) is 9.90 Å². The zero-order valence-corrected chi connectivity index (χ0v) is 12.9. The molecule has 0 radical (unpaired) electrons. The van der Waals surface area contributed by atoms with Crippen LogP contribution in [0.4, 0.5) is 0 Å². The normalized spacial score (nSPS) is 25.8. The number of hydrogen-bond acceptors (Lipinski definition) is 3. The van der Waals surface area contributed by atoms with Gasteiger partial charge in [-0.2, -0.15) is 0 Å². The highest BCUT2D eigenvalue weighted by molar-refractivity contribution is 7.14. The lowest BCUT2D eigenvalue weighted by atomic mass is 9.87. The Morgan fingerprint density at radius 3 is 3.10 bits per heavy atom. The fraction of sp³-hybridized carbons (Fsp3) is 0.688. The van der Waals surface area contributed by atoms with Gasteiger partial charge in [0.05, 0.1) is 17.5 Å². The SMILES string of the molecule is CCC1CCc2sc(C(=O)N3CCCC3CO)cc2C1. The maximum atomic E-state index is 12.6. The van der Waals surface area contributed by atoms with Crippen LogP contribution in [-0.4, -0.2) is 35.1 Å². The summed E-state index contributed by atoms with van der Waals surface area (Å²) in [4.78, 5) is 16.8. The zero-order chi connectivity index (χ0) is 14.1. The molecular weight excluding hydrogens is 270 g/mol. The first-order valence-corrected chi connectivity index (χ1v) is 8.58. The number of nitrogens with zero attached hydrogens (tertiary/aromatic N) is 1. The van der Waals surface area contributed by atoms with E-state index in [0.717, 1.165) is 43.0 Å². The molecule has 4 heteroatoms. The molecule has 1 aliphatic heterocycles. The summed E-state index contributed by atoms with van der Waals surface area (Å²) in [5.41, 5.74) is 1.40. The van der Waals surface area contributed by atoms with Crippen molar-refractivity contribution in [2.24, 2.45) is 5.92 Å². The van der Waals surface area contributed by atoms with Crippen LogP contribution < -0.4 is 0 Å². The van der Waals surface area contributed by atoms with Crippen molar-refractivity contribution < 1.29 is 9.90 Å². The van der Waals surface area contributed by atoms with E-state index in [2.05, 4.69) is 13.0 Å². The second-order valence-corrected chi connectivity index (χ2v) is 7.19. The first kappa shape index (κ1) is 14.1. The highest BCUT2D eigenvalue weighted by Gasteiger charge is 2.31. The van der Waals surface area contributed by atoms with Gasteiger partial charge in [-0.25, -0.2) is 0 Å². The first-order valence-electron chi connectivity index (χ1n) is 7.76. The van der Waals surface area contributed by atoms with Gasteiger partial charge in [0.25, 0.3) is 5.91 Å². The molecule has 1 aromatic heterocycles. The minimum Gasteiger partial charge on any atom is -0.394 e. The van der Waals surface area contributed by atoms with Crippen molar-refractivity contribution in [3.05, 3.63) is 21.4 Å². The predicted octanol–water partition coefficient (Wildman–Crippen LogP) is 2.86. The van der Waals surface area contributed by atoms with E-state index in [0.29, 0.717) is 0 Å². The number of carbonyl (C=O) groups excluding carboxylic acids is 1. The maximum absolute atomic E-state index is 12.6. The minimum atomic E-state index is 0.0324. The van der Waals surface area contributed by atoms with Gasteiger partial charge in [-0.15, -0.1) is 11.3 Å². The summed E-state index contributed by atoms with van der Waals surface area (Å²) in [5, 5.41) is 9.37. The van der Waals surface area contributed by atoms with Crippen LogP contribution >= 0.6 is 11.3 Å². The summed E-state index contributed by atoms with van der Waals surface area (Å²) in [6, 6.07) is 2.15. The van der Waals surface area contributed by atoms with Gasteiger partial charge in [0.1, 0.15) is 0 Å². The fourth-order valence-electron chi connectivity index (χ4n) is 3.49. The Morgan fingerprint density at radius 1 is 1.50 bits per heavy atom. The summed E-state index contributed by atoms with van der Waals surface area (Å²) in [6.45, 7) is 3.14. The maximum Gasteiger partial charge on any atom is 0.264 e. The Hall–Kier alpha value is -0.870. The second-order valence-electron chi connectivity index (χ2n) is 6.05. The summed E-state index contributed by atoms with van der Waals surface area (Å²) >= 11 is 1.68. The highest BCUT2D eigenvalue weighted by Crippen LogP contribution is 2.34. The van der Waals surface area contributed by atoms with Crippen LogP contribution in [0.25, 0.3) is 0 Å². The van der Waals surface area contributed by atoms with Gasteiger partial charge >= 0.3 is 0 Å². The molecule has 3 rings (SSSR count). The van der Waals surface area contributed by atoms with Crippen molar-refractivity contribution in [2.75, 3.05) is 13.2 Å². The van der Waals surface area contributed by atoms with Gasteiger partial charge in [-0.3, -0.25) is 4.79 Å². The van der Waals surface area contributed by atoms with Gasteiger partial charge in [-0.05, 0) is 49.7 Å². The van der Waals surface area contributed by atoms with Gasteiger partial charge in [-0.1, -0.05) is 13.3 Å². The average molecular weight is 293 g/mol. The summed E-state index contributed by atoms with van der Waals surface area (Å²) in [7, 11) is 0. The number of hydrogen-bond donors (Lipinski definition) is 1. The van der Waals surface area contributed by atoms with Crippen LogP contribution in [0.5, 0.6) is 0 Å². The topological polar surface area (TPSA) is 40.5 Å². The Labute approximate surface area is 124 Å². The van der Waals surface area contributed by atoms with Crippen LogP contribution in [-0.2, 0) is 12.8 Å². The third-order valence-electron chi connectivity index (χ3n) is 4.82.